The minimum absolute atomic E-state index is 0.160. The number of rotatable bonds is 2. The van der Waals surface area contributed by atoms with Crippen LogP contribution in [-0.2, 0) is 0 Å². The van der Waals surface area contributed by atoms with Crippen LogP contribution in [0.25, 0.3) is 0 Å². The van der Waals surface area contributed by atoms with Gasteiger partial charge in [0.05, 0.1) is 5.69 Å². The van der Waals surface area contributed by atoms with E-state index in [-0.39, 0.29) is 22.9 Å². The van der Waals surface area contributed by atoms with E-state index in [2.05, 4.69) is 0 Å². The first-order valence-electron chi connectivity index (χ1n) is 4.63. The Morgan fingerprint density at radius 2 is 2.07 bits per heavy atom. The van der Waals surface area contributed by atoms with Gasteiger partial charge in [-0.3, -0.25) is 0 Å². The zero-order valence-corrected chi connectivity index (χ0v) is 7.70. The molecule has 4 heteroatoms. The minimum Gasteiger partial charge on any atom is -0.505 e. The number of phenols is 1. The lowest BCUT2D eigenvalue weighted by Gasteiger charge is -2.14. The maximum Gasteiger partial charge on any atom is 0.146 e. The maximum absolute atomic E-state index is 13.4. The van der Waals surface area contributed by atoms with Crippen molar-refractivity contribution in [1.82, 2.24) is 0 Å². The van der Waals surface area contributed by atoms with Crippen molar-refractivity contribution in [2.75, 3.05) is 5.73 Å². The van der Waals surface area contributed by atoms with Gasteiger partial charge in [-0.2, -0.15) is 0 Å². The fourth-order valence-electron chi connectivity index (χ4n) is 1.61. The lowest BCUT2D eigenvalue weighted by molar-refractivity contribution is 0.444. The molecule has 14 heavy (non-hydrogen) atoms. The summed E-state index contributed by atoms with van der Waals surface area (Å²) in [4.78, 5) is 0. The molecule has 1 atom stereocenters. The Labute approximate surface area is 81.5 Å². The Morgan fingerprint density at radius 1 is 1.43 bits per heavy atom. The number of anilines is 1. The highest BCUT2D eigenvalue weighted by Crippen LogP contribution is 2.44. The molecule has 0 aliphatic heterocycles. The molecule has 0 saturated heterocycles. The van der Waals surface area contributed by atoms with Crippen LogP contribution < -0.4 is 11.5 Å². The summed E-state index contributed by atoms with van der Waals surface area (Å²) in [6.45, 7) is 0. The Hall–Kier alpha value is -1.29. The first-order valence-corrected chi connectivity index (χ1v) is 4.63. The molecule has 5 N–H and O–H groups in total. The summed E-state index contributed by atoms with van der Waals surface area (Å²) in [5, 5.41) is 9.58. The van der Waals surface area contributed by atoms with Crippen molar-refractivity contribution in [2.24, 2.45) is 11.7 Å². The van der Waals surface area contributed by atoms with Gasteiger partial charge >= 0.3 is 0 Å². The first kappa shape index (κ1) is 9.27. The molecule has 0 heterocycles. The van der Waals surface area contributed by atoms with Gasteiger partial charge < -0.3 is 16.6 Å². The van der Waals surface area contributed by atoms with Crippen molar-refractivity contribution in [3.8, 4) is 5.75 Å². The van der Waals surface area contributed by atoms with Crippen LogP contribution in [0.4, 0.5) is 10.1 Å². The quantitative estimate of drug-likeness (QED) is 0.496. The van der Waals surface area contributed by atoms with E-state index in [4.69, 9.17) is 11.5 Å². The largest absolute Gasteiger partial charge is 0.505 e. The van der Waals surface area contributed by atoms with Gasteiger partial charge in [0.1, 0.15) is 11.6 Å². The molecule has 2 rings (SSSR count). The number of benzene rings is 1. The smallest absolute Gasteiger partial charge is 0.146 e. The summed E-state index contributed by atoms with van der Waals surface area (Å²) >= 11 is 0. The Bertz CT molecular complexity index is 363. The number of hydrogen-bond acceptors (Lipinski definition) is 3. The van der Waals surface area contributed by atoms with Gasteiger partial charge in [0, 0.05) is 11.6 Å². The first-order chi connectivity index (χ1) is 6.61. The van der Waals surface area contributed by atoms with Crippen LogP contribution in [0.2, 0.25) is 0 Å². The summed E-state index contributed by atoms with van der Waals surface area (Å²) in [5.41, 5.74) is 11.6. The van der Waals surface area contributed by atoms with E-state index in [0.717, 1.165) is 12.8 Å². The monoisotopic (exact) mass is 196 g/mol. The predicted octanol–water partition coefficient (Wildman–Crippen LogP) is 1.52. The van der Waals surface area contributed by atoms with Crippen LogP contribution in [0, 0.1) is 11.7 Å². The average Bonchev–Trinajstić information content (AvgIpc) is 2.95. The zero-order valence-electron chi connectivity index (χ0n) is 7.70. The van der Waals surface area contributed by atoms with Crippen molar-refractivity contribution in [3.63, 3.8) is 0 Å². The number of nitrogens with two attached hydrogens (primary N) is 2. The van der Waals surface area contributed by atoms with Crippen molar-refractivity contribution in [1.29, 1.82) is 0 Å². The standard InChI is InChI=1S/C10H13FN2O/c11-6-3-4-7(12)10(14)8(6)9(13)5-1-2-5/h3-5,9,14H,1-2,12-13H2/t9-/m0/s1. The molecule has 1 aliphatic rings. The van der Waals surface area contributed by atoms with Gasteiger partial charge in [-0.1, -0.05) is 0 Å². The maximum atomic E-state index is 13.4. The molecule has 76 valence electrons. The molecule has 0 bridgehead atoms. The highest BCUT2D eigenvalue weighted by Gasteiger charge is 2.33. The van der Waals surface area contributed by atoms with Gasteiger partial charge in [0.2, 0.25) is 0 Å². The van der Waals surface area contributed by atoms with Crippen LogP contribution >= 0.6 is 0 Å². The number of nitrogen functional groups attached to an aromatic ring is 1. The SMILES string of the molecule is Nc1ccc(F)c([C@@H](N)C2CC2)c1O. The molecule has 0 amide bonds. The number of aromatic hydroxyl groups is 1. The molecule has 3 nitrogen and oxygen atoms in total. The predicted molar refractivity (Wildman–Crippen MR) is 52.1 cm³/mol. The van der Waals surface area contributed by atoms with Crippen LogP contribution in [-0.4, -0.2) is 5.11 Å². The van der Waals surface area contributed by atoms with E-state index in [1.54, 1.807) is 0 Å². The van der Waals surface area contributed by atoms with Crippen LogP contribution in [0.1, 0.15) is 24.4 Å². The summed E-state index contributed by atoms with van der Waals surface area (Å²) in [7, 11) is 0. The summed E-state index contributed by atoms with van der Waals surface area (Å²) in [6.07, 6.45) is 1.99. The van der Waals surface area contributed by atoms with Crippen molar-refractivity contribution >= 4 is 5.69 Å². The lowest BCUT2D eigenvalue weighted by Crippen LogP contribution is -2.15. The number of hydrogen-bond donors (Lipinski definition) is 3. The average molecular weight is 196 g/mol. The number of phenolic OH excluding ortho intramolecular Hbond substituents is 1. The van der Waals surface area contributed by atoms with Crippen molar-refractivity contribution in [3.05, 3.63) is 23.5 Å². The molecule has 1 aromatic rings. The second-order valence-electron chi connectivity index (χ2n) is 3.76. The van der Waals surface area contributed by atoms with Gasteiger partial charge in [0.25, 0.3) is 0 Å². The Kier molecular flexibility index (Phi) is 2.07. The summed E-state index contributed by atoms with van der Waals surface area (Å²) < 4.78 is 13.4. The topological polar surface area (TPSA) is 72.3 Å². The van der Waals surface area contributed by atoms with Crippen LogP contribution in [0.3, 0.4) is 0 Å². The summed E-state index contributed by atoms with van der Waals surface area (Å²) in [5.74, 6) is -0.391. The lowest BCUT2D eigenvalue weighted by atomic mass is 10.0. The van der Waals surface area contributed by atoms with E-state index < -0.39 is 11.9 Å². The molecule has 0 spiro atoms. The van der Waals surface area contributed by atoms with Gasteiger partial charge in [-0.25, -0.2) is 4.39 Å². The zero-order chi connectivity index (χ0) is 10.3. The van der Waals surface area contributed by atoms with Gasteiger partial charge in [-0.05, 0) is 30.9 Å². The van der Waals surface area contributed by atoms with E-state index in [9.17, 15) is 9.50 Å². The van der Waals surface area contributed by atoms with Crippen molar-refractivity contribution < 1.29 is 9.50 Å². The third-order valence-electron chi connectivity index (χ3n) is 2.66. The normalized spacial score (nSPS) is 18.1. The molecule has 1 aromatic carbocycles. The second kappa shape index (κ2) is 3.13. The molecule has 0 radical (unpaired) electrons. The third kappa shape index (κ3) is 1.42. The highest BCUT2D eigenvalue weighted by atomic mass is 19.1. The molecule has 1 saturated carbocycles. The highest BCUT2D eigenvalue weighted by molar-refractivity contribution is 5.57. The van der Waals surface area contributed by atoms with Crippen LogP contribution in [0.15, 0.2) is 12.1 Å². The number of halogens is 1. The van der Waals surface area contributed by atoms with Crippen LogP contribution in [0.5, 0.6) is 5.75 Å². The molecular formula is C10H13FN2O. The molecule has 1 fully saturated rings. The van der Waals surface area contributed by atoms with Crippen molar-refractivity contribution in [2.45, 2.75) is 18.9 Å². The van der Waals surface area contributed by atoms with E-state index >= 15 is 0 Å². The molecule has 0 unspecified atom stereocenters. The molecule has 0 aromatic heterocycles. The Morgan fingerprint density at radius 3 is 2.64 bits per heavy atom. The Balaban J connectivity index is 2.43. The second-order valence-corrected chi connectivity index (χ2v) is 3.76. The van der Waals surface area contributed by atoms with E-state index in [0.29, 0.717) is 0 Å². The molecule has 1 aliphatic carbocycles. The van der Waals surface area contributed by atoms with E-state index in [1.165, 1.54) is 12.1 Å². The fourth-order valence-corrected chi connectivity index (χ4v) is 1.61. The minimum atomic E-state index is -0.476. The molecular weight excluding hydrogens is 183 g/mol. The third-order valence-corrected chi connectivity index (χ3v) is 2.66. The fraction of sp³-hybridized carbons (Fsp3) is 0.400. The van der Waals surface area contributed by atoms with Gasteiger partial charge in [-0.15, -0.1) is 0 Å². The van der Waals surface area contributed by atoms with E-state index in [1.807, 2.05) is 0 Å². The summed E-state index contributed by atoms with van der Waals surface area (Å²) in [6, 6.07) is 2.15. The van der Waals surface area contributed by atoms with Gasteiger partial charge in [0.15, 0.2) is 0 Å².